The smallest absolute Gasteiger partial charge is 0.308 e. The number of anilines is 2. The Bertz CT molecular complexity index is 752. The van der Waals surface area contributed by atoms with Crippen LogP contribution in [0.25, 0.3) is 0 Å². The molecule has 25 heavy (non-hydrogen) atoms. The highest BCUT2D eigenvalue weighted by atomic mass is 19.4. The highest BCUT2D eigenvalue weighted by Crippen LogP contribution is 2.37. The number of alkyl halides is 6. The average Bonchev–Trinajstić information content (AvgIpc) is 2.44. The summed E-state index contributed by atoms with van der Waals surface area (Å²) in [4.78, 5) is 11.7. The van der Waals surface area contributed by atoms with Crippen molar-refractivity contribution >= 4 is 17.4 Å². The van der Waals surface area contributed by atoms with Gasteiger partial charge in [0.05, 0.1) is 11.1 Å². The van der Waals surface area contributed by atoms with Crippen molar-refractivity contribution in [1.29, 1.82) is 0 Å². The van der Waals surface area contributed by atoms with E-state index in [-0.39, 0.29) is 11.8 Å². The van der Waals surface area contributed by atoms with E-state index in [2.05, 4.69) is 5.32 Å². The molecule has 2 N–H and O–H groups in total. The normalized spacial score (nSPS) is 12.0. The monoisotopic (exact) mass is 366 g/mol. The minimum atomic E-state index is -5.03. The Hall–Kier alpha value is -2.78. The summed E-state index contributed by atoms with van der Waals surface area (Å²) < 4.78 is 89.4. The summed E-state index contributed by atoms with van der Waals surface area (Å²) in [6, 6.07) is 4.10. The van der Waals surface area contributed by atoms with Gasteiger partial charge in [-0.3, -0.25) is 0 Å². The van der Waals surface area contributed by atoms with Crippen molar-refractivity contribution in [2.24, 2.45) is 0 Å². The van der Waals surface area contributed by atoms with Crippen LogP contribution in [0.15, 0.2) is 42.5 Å². The zero-order valence-corrected chi connectivity index (χ0v) is 12.1. The summed E-state index contributed by atoms with van der Waals surface area (Å²) in [7, 11) is 0. The van der Waals surface area contributed by atoms with Crippen LogP contribution >= 0.6 is 0 Å². The summed E-state index contributed by atoms with van der Waals surface area (Å²) in [5, 5.41) is 3.96. The quantitative estimate of drug-likeness (QED) is 0.677. The third kappa shape index (κ3) is 5.10. The van der Waals surface area contributed by atoms with E-state index in [0.29, 0.717) is 12.1 Å². The van der Waals surface area contributed by atoms with Crippen LogP contribution in [0.1, 0.15) is 11.1 Å². The van der Waals surface area contributed by atoms with Crippen molar-refractivity contribution in [1.82, 2.24) is 0 Å². The summed E-state index contributed by atoms with van der Waals surface area (Å²) in [6.07, 6.45) is -10.1. The molecule has 0 saturated heterocycles. The van der Waals surface area contributed by atoms with Crippen molar-refractivity contribution in [3.05, 3.63) is 59.4 Å². The molecule has 2 aromatic rings. The number of rotatable bonds is 2. The van der Waals surface area contributed by atoms with E-state index < -0.39 is 41.0 Å². The van der Waals surface area contributed by atoms with Crippen molar-refractivity contribution in [2.45, 2.75) is 12.4 Å². The highest BCUT2D eigenvalue weighted by Gasteiger charge is 2.37. The van der Waals surface area contributed by atoms with Crippen molar-refractivity contribution in [3.8, 4) is 0 Å². The van der Waals surface area contributed by atoms with E-state index in [0.717, 1.165) is 12.1 Å². The Labute approximate surface area is 136 Å². The molecular weight excluding hydrogens is 357 g/mol. The van der Waals surface area contributed by atoms with Crippen LogP contribution < -0.4 is 10.6 Å². The molecule has 2 amide bonds. The Morgan fingerprint density at radius 3 is 1.76 bits per heavy atom. The van der Waals surface area contributed by atoms with Gasteiger partial charge in [0.15, 0.2) is 0 Å². The maximum absolute atomic E-state index is 13.0. The summed E-state index contributed by atoms with van der Waals surface area (Å²) in [6.45, 7) is 0. The molecule has 0 aromatic heterocycles. The number of carbonyl (C=O) groups is 1. The molecule has 0 saturated carbocycles. The van der Waals surface area contributed by atoms with Crippen LogP contribution in [-0.4, -0.2) is 6.03 Å². The SMILES string of the molecule is O=C(Nc1cccc(F)c1)Nc1cc(C(F)(F)F)cc(C(F)(F)F)c1. The highest BCUT2D eigenvalue weighted by molar-refractivity contribution is 5.99. The number of hydrogen-bond acceptors (Lipinski definition) is 1. The van der Waals surface area contributed by atoms with Gasteiger partial charge in [-0.25, -0.2) is 9.18 Å². The van der Waals surface area contributed by atoms with Gasteiger partial charge >= 0.3 is 18.4 Å². The number of amides is 2. The van der Waals surface area contributed by atoms with Gasteiger partial charge in [0.1, 0.15) is 5.82 Å². The average molecular weight is 366 g/mol. The van der Waals surface area contributed by atoms with Crippen molar-refractivity contribution < 1.29 is 35.5 Å². The Morgan fingerprint density at radius 2 is 1.28 bits per heavy atom. The third-order valence-corrected chi connectivity index (χ3v) is 2.93. The fraction of sp³-hybridized carbons (Fsp3) is 0.133. The fourth-order valence-electron chi connectivity index (χ4n) is 1.89. The molecule has 3 nitrogen and oxygen atoms in total. The van der Waals surface area contributed by atoms with Crippen LogP contribution in [0.5, 0.6) is 0 Å². The van der Waals surface area contributed by atoms with Gasteiger partial charge in [0, 0.05) is 11.4 Å². The first kappa shape index (κ1) is 18.6. The van der Waals surface area contributed by atoms with E-state index in [1.807, 2.05) is 5.32 Å². The summed E-state index contributed by atoms with van der Waals surface area (Å²) in [5.41, 5.74) is -3.87. The fourth-order valence-corrected chi connectivity index (χ4v) is 1.89. The van der Waals surface area contributed by atoms with E-state index >= 15 is 0 Å². The number of hydrogen-bond donors (Lipinski definition) is 2. The lowest BCUT2D eigenvalue weighted by molar-refractivity contribution is -0.143. The molecule has 0 aliphatic rings. The Balaban J connectivity index is 2.27. The topological polar surface area (TPSA) is 41.1 Å². The molecule has 0 fully saturated rings. The van der Waals surface area contributed by atoms with E-state index in [1.165, 1.54) is 12.1 Å². The molecule has 2 aromatic carbocycles. The molecule has 0 radical (unpaired) electrons. The molecule has 0 heterocycles. The maximum atomic E-state index is 13.0. The van der Waals surface area contributed by atoms with Crippen molar-refractivity contribution in [2.75, 3.05) is 10.6 Å². The van der Waals surface area contributed by atoms with Gasteiger partial charge < -0.3 is 10.6 Å². The second-order valence-electron chi connectivity index (χ2n) is 4.88. The van der Waals surface area contributed by atoms with Crippen LogP contribution in [0.2, 0.25) is 0 Å². The molecule has 0 bridgehead atoms. The Morgan fingerprint density at radius 1 is 0.760 bits per heavy atom. The summed E-state index contributed by atoms with van der Waals surface area (Å²) in [5.74, 6) is -0.684. The minimum Gasteiger partial charge on any atom is -0.308 e. The minimum absolute atomic E-state index is 0.0273. The molecular formula is C15H9F7N2O. The standard InChI is InChI=1S/C15H9F7N2O/c16-10-2-1-3-11(7-10)23-13(25)24-12-5-8(14(17,18)19)4-9(6-12)15(20,21)22/h1-7H,(H2,23,24,25). The second-order valence-corrected chi connectivity index (χ2v) is 4.88. The summed E-state index contributed by atoms with van der Waals surface area (Å²) >= 11 is 0. The lowest BCUT2D eigenvalue weighted by Gasteiger charge is -2.15. The van der Waals surface area contributed by atoms with E-state index in [4.69, 9.17) is 0 Å². The predicted octanol–water partition coefficient (Wildman–Crippen LogP) is 5.51. The lowest BCUT2D eigenvalue weighted by atomic mass is 10.1. The van der Waals surface area contributed by atoms with Gasteiger partial charge in [0.25, 0.3) is 0 Å². The zero-order chi connectivity index (χ0) is 18.8. The molecule has 0 unspecified atom stereocenters. The number of halogens is 7. The molecule has 134 valence electrons. The van der Waals surface area contributed by atoms with E-state index in [9.17, 15) is 35.5 Å². The number of urea groups is 1. The van der Waals surface area contributed by atoms with E-state index in [1.54, 1.807) is 0 Å². The number of benzene rings is 2. The van der Waals surface area contributed by atoms with Gasteiger partial charge in [-0.15, -0.1) is 0 Å². The largest absolute Gasteiger partial charge is 0.416 e. The maximum Gasteiger partial charge on any atom is 0.416 e. The molecule has 0 atom stereocenters. The first-order chi connectivity index (χ1) is 11.4. The van der Waals surface area contributed by atoms with Crippen molar-refractivity contribution in [3.63, 3.8) is 0 Å². The van der Waals surface area contributed by atoms with Crippen LogP contribution in [0, 0.1) is 5.82 Å². The predicted molar refractivity (Wildman–Crippen MR) is 75.5 cm³/mol. The van der Waals surface area contributed by atoms with Crippen LogP contribution in [0.3, 0.4) is 0 Å². The lowest BCUT2D eigenvalue weighted by Crippen LogP contribution is -2.20. The second kappa shape index (κ2) is 6.61. The zero-order valence-electron chi connectivity index (χ0n) is 12.1. The van der Waals surface area contributed by atoms with Gasteiger partial charge in [-0.2, -0.15) is 26.3 Å². The van der Waals surface area contributed by atoms with Crippen LogP contribution in [-0.2, 0) is 12.4 Å². The molecule has 0 aliphatic carbocycles. The van der Waals surface area contributed by atoms with Gasteiger partial charge in [0.2, 0.25) is 0 Å². The number of carbonyl (C=O) groups excluding carboxylic acids is 1. The molecule has 2 rings (SSSR count). The first-order valence-electron chi connectivity index (χ1n) is 6.58. The van der Waals surface area contributed by atoms with Gasteiger partial charge in [-0.05, 0) is 36.4 Å². The number of nitrogens with one attached hydrogen (secondary N) is 2. The molecule has 10 heteroatoms. The first-order valence-corrected chi connectivity index (χ1v) is 6.58. The Kier molecular flexibility index (Phi) is 4.91. The third-order valence-electron chi connectivity index (χ3n) is 2.93. The molecule has 0 aliphatic heterocycles. The van der Waals surface area contributed by atoms with Gasteiger partial charge in [-0.1, -0.05) is 6.07 Å². The molecule has 0 spiro atoms. The van der Waals surface area contributed by atoms with Crippen LogP contribution in [0.4, 0.5) is 46.9 Å².